The Morgan fingerprint density at radius 3 is 2.31 bits per heavy atom. The van der Waals surface area contributed by atoms with Gasteiger partial charge in [-0.05, 0) is 18.2 Å². The zero-order valence-electron chi connectivity index (χ0n) is 15.8. The first kappa shape index (κ1) is 18.8. The standard InChI is InChI=1S/C21H19N3O4S/c1-24(2)17-11-5-9-14-13(17)8-6-12-18(14)29(27,28)23-19-15-7-3-4-10-16(15)22-20(19)21(25)26/h3-12,22-23H,1-2H3,(H,25,26). The number of nitrogens with one attached hydrogen (secondary N) is 2. The Balaban J connectivity index is 1.90. The van der Waals surface area contributed by atoms with Crippen LogP contribution in [0.1, 0.15) is 10.5 Å². The number of carboxylic acid groups (broad SMARTS) is 1. The molecule has 0 saturated carbocycles. The quantitative estimate of drug-likeness (QED) is 0.464. The number of hydrogen-bond donors (Lipinski definition) is 3. The molecule has 0 aliphatic rings. The van der Waals surface area contributed by atoms with Gasteiger partial charge in [0.2, 0.25) is 0 Å². The van der Waals surface area contributed by atoms with Gasteiger partial charge in [-0.3, -0.25) is 4.72 Å². The largest absolute Gasteiger partial charge is 0.477 e. The number of aromatic nitrogens is 1. The summed E-state index contributed by atoms with van der Waals surface area (Å²) >= 11 is 0. The van der Waals surface area contributed by atoms with E-state index in [1.54, 1.807) is 42.5 Å². The highest BCUT2D eigenvalue weighted by Crippen LogP contribution is 2.33. The van der Waals surface area contributed by atoms with E-state index in [9.17, 15) is 18.3 Å². The minimum absolute atomic E-state index is 0.0221. The molecule has 0 amide bonds. The average Bonchev–Trinajstić information content (AvgIpc) is 3.05. The SMILES string of the molecule is CN(C)c1cccc2c(S(=O)(=O)Nc3c(C(=O)O)[nH]c4ccccc34)cccc12. The van der Waals surface area contributed by atoms with Crippen LogP contribution in [-0.2, 0) is 10.0 Å². The monoisotopic (exact) mass is 409 g/mol. The molecular weight excluding hydrogens is 390 g/mol. The molecule has 3 aromatic carbocycles. The highest BCUT2D eigenvalue weighted by atomic mass is 32.2. The van der Waals surface area contributed by atoms with Gasteiger partial charge < -0.3 is 15.0 Å². The summed E-state index contributed by atoms with van der Waals surface area (Å²) in [5.41, 5.74) is 1.24. The zero-order valence-corrected chi connectivity index (χ0v) is 16.6. The molecule has 4 aromatic rings. The van der Waals surface area contributed by atoms with Crippen LogP contribution in [0.4, 0.5) is 11.4 Å². The lowest BCUT2D eigenvalue weighted by Crippen LogP contribution is -2.16. The molecule has 3 N–H and O–H groups in total. The first-order valence-corrected chi connectivity index (χ1v) is 10.3. The Bertz CT molecular complexity index is 1360. The number of rotatable bonds is 5. The third-order valence-electron chi connectivity index (χ3n) is 4.79. The Morgan fingerprint density at radius 1 is 0.931 bits per heavy atom. The molecule has 0 radical (unpaired) electrons. The molecule has 0 fully saturated rings. The number of anilines is 2. The Labute approximate surface area is 167 Å². The van der Waals surface area contributed by atoms with E-state index in [1.807, 2.05) is 31.1 Å². The molecule has 0 bridgehead atoms. The molecular formula is C21H19N3O4S. The van der Waals surface area contributed by atoms with Gasteiger partial charge in [-0.15, -0.1) is 0 Å². The van der Waals surface area contributed by atoms with Crippen LogP contribution < -0.4 is 9.62 Å². The van der Waals surface area contributed by atoms with Gasteiger partial charge >= 0.3 is 5.97 Å². The minimum atomic E-state index is -4.05. The highest BCUT2D eigenvalue weighted by molar-refractivity contribution is 7.93. The minimum Gasteiger partial charge on any atom is -0.477 e. The summed E-state index contributed by atoms with van der Waals surface area (Å²) in [7, 11) is -0.275. The summed E-state index contributed by atoms with van der Waals surface area (Å²) in [6, 6.07) is 17.3. The fraction of sp³-hybridized carbons (Fsp3) is 0.0952. The second kappa shape index (κ2) is 6.82. The predicted octanol–water partition coefficient (Wildman–Crippen LogP) is 3.89. The van der Waals surface area contributed by atoms with Crippen LogP contribution in [0.3, 0.4) is 0 Å². The smallest absolute Gasteiger partial charge is 0.354 e. The maximum atomic E-state index is 13.3. The summed E-state index contributed by atoms with van der Waals surface area (Å²) in [6.07, 6.45) is 0. The number of sulfonamides is 1. The van der Waals surface area contributed by atoms with Crippen LogP contribution in [0.15, 0.2) is 65.6 Å². The maximum absolute atomic E-state index is 13.3. The molecule has 1 heterocycles. The number of nitrogens with zero attached hydrogens (tertiary/aromatic N) is 1. The molecule has 1 aromatic heterocycles. The Morgan fingerprint density at radius 2 is 1.59 bits per heavy atom. The number of benzene rings is 3. The number of carbonyl (C=O) groups is 1. The van der Waals surface area contributed by atoms with Gasteiger partial charge in [-0.2, -0.15) is 0 Å². The van der Waals surface area contributed by atoms with Gasteiger partial charge in [0.05, 0.1) is 10.6 Å². The number of hydrogen-bond acceptors (Lipinski definition) is 4. The van der Waals surface area contributed by atoms with Crippen molar-refractivity contribution in [1.82, 2.24) is 4.98 Å². The van der Waals surface area contributed by atoms with E-state index >= 15 is 0 Å². The van der Waals surface area contributed by atoms with Crippen LogP contribution in [0.2, 0.25) is 0 Å². The summed E-state index contributed by atoms with van der Waals surface area (Å²) in [5, 5.41) is 11.4. The van der Waals surface area contributed by atoms with Crippen molar-refractivity contribution in [3.63, 3.8) is 0 Å². The van der Waals surface area contributed by atoms with E-state index in [0.717, 1.165) is 11.1 Å². The molecule has 29 heavy (non-hydrogen) atoms. The van der Waals surface area contributed by atoms with Crippen molar-refractivity contribution in [2.24, 2.45) is 0 Å². The van der Waals surface area contributed by atoms with E-state index in [-0.39, 0.29) is 16.3 Å². The van der Waals surface area contributed by atoms with E-state index in [2.05, 4.69) is 9.71 Å². The third kappa shape index (κ3) is 3.17. The van der Waals surface area contributed by atoms with E-state index in [1.165, 1.54) is 6.07 Å². The number of aromatic carboxylic acids is 1. The molecule has 0 aliphatic heterocycles. The predicted molar refractivity (Wildman–Crippen MR) is 114 cm³/mol. The van der Waals surface area contributed by atoms with Gasteiger partial charge in [-0.25, -0.2) is 13.2 Å². The lowest BCUT2D eigenvalue weighted by Gasteiger charge is -2.17. The van der Waals surface area contributed by atoms with Crippen LogP contribution in [0, 0.1) is 0 Å². The van der Waals surface area contributed by atoms with Crippen molar-refractivity contribution in [3.05, 3.63) is 66.4 Å². The molecule has 148 valence electrons. The van der Waals surface area contributed by atoms with Crippen molar-refractivity contribution >= 4 is 49.0 Å². The van der Waals surface area contributed by atoms with Crippen molar-refractivity contribution in [2.75, 3.05) is 23.7 Å². The first-order valence-electron chi connectivity index (χ1n) is 8.85. The second-order valence-corrected chi connectivity index (χ2v) is 8.50. The summed E-state index contributed by atoms with van der Waals surface area (Å²) in [6.45, 7) is 0. The Hall–Kier alpha value is -3.52. The molecule has 8 heteroatoms. The number of para-hydroxylation sites is 1. The maximum Gasteiger partial charge on any atom is 0.354 e. The lowest BCUT2D eigenvalue weighted by atomic mass is 10.1. The number of aromatic amines is 1. The van der Waals surface area contributed by atoms with Gasteiger partial charge in [0.25, 0.3) is 10.0 Å². The third-order valence-corrected chi connectivity index (χ3v) is 6.19. The molecule has 0 atom stereocenters. The van der Waals surface area contributed by atoms with Crippen LogP contribution >= 0.6 is 0 Å². The molecule has 0 aliphatic carbocycles. The van der Waals surface area contributed by atoms with Crippen molar-refractivity contribution in [3.8, 4) is 0 Å². The molecule has 0 saturated heterocycles. The molecule has 0 spiro atoms. The van der Waals surface area contributed by atoms with Gasteiger partial charge in [-0.1, -0.05) is 42.5 Å². The molecule has 4 rings (SSSR count). The average molecular weight is 409 g/mol. The summed E-state index contributed by atoms with van der Waals surface area (Å²) in [5.74, 6) is -1.24. The zero-order chi connectivity index (χ0) is 20.8. The van der Waals surface area contributed by atoms with Crippen molar-refractivity contribution in [1.29, 1.82) is 0 Å². The number of fused-ring (bicyclic) bond motifs is 2. The van der Waals surface area contributed by atoms with Crippen molar-refractivity contribution in [2.45, 2.75) is 4.90 Å². The molecule has 0 unspecified atom stereocenters. The van der Waals surface area contributed by atoms with Gasteiger partial charge in [0.15, 0.2) is 0 Å². The van der Waals surface area contributed by atoms with Crippen LogP contribution in [0.25, 0.3) is 21.7 Å². The fourth-order valence-corrected chi connectivity index (χ4v) is 4.80. The van der Waals surface area contributed by atoms with Crippen molar-refractivity contribution < 1.29 is 18.3 Å². The van der Waals surface area contributed by atoms with Gasteiger partial charge in [0, 0.05) is 41.5 Å². The van der Waals surface area contributed by atoms with E-state index in [4.69, 9.17) is 0 Å². The van der Waals surface area contributed by atoms with E-state index in [0.29, 0.717) is 16.3 Å². The number of carboxylic acids is 1. The second-order valence-electron chi connectivity index (χ2n) is 6.85. The topological polar surface area (TPSA) is 102 Å². The summed E-state index contributed by atoms with van der Waals surface area (Å²) in [4.78, 5) is 16.4. The normalized spacial score (nSPS) is 11.7. The van der Waals surface area contributed by atoms with Crippen LogP contribution in [-0.4, -0.2) is 38.6 Å². The highest BCUT2D eigenvalue weighted by Gasteiger charge is 2.24. The molecule has 7 nitrogen and oxygen atoms in total. The van der Waals surface area contributed by atoms with Crippen LogP contribution in [0.5, 0.6) is 0 Å². The fourth-order valence-electron chi connectivity index (χ4n) is 3.49. The summed E-state index contributed by atoms with van der Waals surface area (Å²) < 4.78 is 29.1. The first-order chi connectivity index (χ1) is 13.8. The Kier molecular flexibility index (Phi) is 4.43. The van der Waals surface area contributed by atoms with Gasteiger partial charge in [0.1, 0.15) is 5.69 Å². The van der Waals surface area contributed by atoms with E-state index < -0.39 is 16.0 Å². The lowest BCUT2D eigenvalue weighted by molar-refractivity contribution is 0.0692. The number of H-pyrrole nitrogens is 1.